The first-order valence-electron chi connectivity index (χ1n) is 28.0. The molecule has 0 radical (unpaired) electrons. The Morgan fingerprint density at radius 2 is 0.978 bits per heavy atom. The SMILES string of the molecule is CC(=O)N[C@@H](CCCNC(=N)N)C(=O)N[C@H](Cn1ccc(=O)[nH]c1=O)C(=O)N(C)CC(=O)N[C@H](Cn1c(=O)[nH]c2ccccc2c1=O)C(=O)N[C@H](Cn1c(=O)[nH]c2ccccc2c1=O)C(=O)N[C@H](Cn1cc(C)c(=O)[nH]c1=O)C(=O)N[C@@H](CCCNC(=N)N)C(N)=O. The predicted molar refractivity (Wildman–Crippen MR) is 327 cm³/mol. The molecule has 0 fully saturated rings. The number of amides is 8. The highest BCUT2D eigenvalue weighted by atomic mass is 16.2. The molecule has 490 valence electrons. The summed E-state index contributed by atoms with van der Waals surface area (Å²) in [6, 6.07) is 1.29. The highest BCUT2D eigenvalue weighted by Crippen LogP contribution is 2.08. The minimum absolute atomic E-state index is 0.0339. The first kappa shape index (κ1) is 69.1. The molecule has 0 bridgehead atoms. The van der Waals surface area contributed by atoms with Crippen LogP contribution >= 0.6 is 0 Å². The van der Waals surface area contributed by atoms with E-state index in [1.165, 1.54) is 55.5 Å². The number of carbonyl (C=O) groups is 8. The number of likely N-dealkylation sites (N-methyl/N-ethyl adjacent to an activating group) is 1. The Balaban J connectivity index is 1.40. The number of primary amides is 1. The standard InChI is InChI=1S/C54H68N22O16/c1-26-20-74(52(90)71-41(26)81)21-34(43(83)64-32(40(55)80)14-8-17-60-49(56)57)65-45(85)36(24-76-47(87)29-11-5-7-13-31(29)69-54(76)92)66-44(84)35(23-75-46(86)28-10-4-6-12-30(28)68-53(75)91)63-39(79)25-72(3)48(88)37(22-73-19-16-38(78)70-51(73)89)67-42(82)33(62-27(2)77)15-9-18-61-50(58)59/h4-7,10-13,16,19-20,32-37H,8-9,14-15,17-18,21-25H2,1-3H3,(H2,55,80)(H,62,77)(H,63,79)(H,64,83)(H,65,85)(H,66,84)(H,67,82)(H,68,91)(H,69,92)(H4,56,57,60)(H4,58,59,61)(H,70,78,89)(H,71,81,90)/t32-,33-,34+,35+,36+,37+/m0/s1. The van der Waals surface area contributed by atoms with E-state index in [0.717, 1.165) is 41.6 Å². The number of nitrogens with one attached hydrogen (secondary N) is 14. The molecule has 92 heavy (non-hydrogen) atoms. The van der Waals surface area contributed by atoms with E-state index in [1.54, 1.807) is 0 Å². The lowest BCUT2D eigenvalue weighted by Gasteiger charge is -2.28. The number of H-pyrrole nitrogens is 4. The number of benzene rings is 2. The number of para-hydroxylation sites is 2. The van der Waals surface area contributed by atoms with E-state index < -0.39 is 167 Å². The number of nitrogens with two attached hydrogens (primary N) is 3. The molecule has 0 aliphatic heterocycles. The molecule has 20 N–H and O–H groups in total. The van der Waals surface area contributed by atoms with Gasteiger partial charge in [0.05, 0.1) is 54.5 Å². The van der Waals surface area contributed by atoms with Crippen LogP contribution in [0, 0.1) is 17.7 Å². The molecule has 0 unspecified atom stereocenters. The number of nitrogens with zero attached hydrogens (tertiary/aromatic N) is 5. The maximum Gasteiger partial charge on any atom is 0.328 e. The minimum Gasteiger partial charge on any atom is -0.370 e. The summed E-state index contributed by atoms with van der Waals surface area (Å²) in [5.74, 6) is -9.96. The Labute approximate surface area is 516 Å². The van der Waals surface area contributed by atoms with Gasteiger partial charge in [0.2, 0.25) is 47.3 Å². The highest BCUT2D eigenvalue weighted by Gasteiger charge is 2.35. The summed E-state index contributed by atoms with van der Waals surface area (Å²) in [5.41, 5.74) is 8.31. The quantitative estimate of drug-likeness (QED) is 0.0113. The number of aromatic nitrogens is 8. The molecule has 0 saturated carbocycles. The van der Waals surface area contributed by atoms with E-state index in [1.807, 2.05) is 9.97 Å². The molecule has 4 aromatic heterocycles. The van der Waals surface area contributed by atoms with Crippen LogP contribution in [0.4, 0.5) is 0 Å². The van der Waals surface area contributed by atoms with Crippen molar-refractivity contribution in [2.45, 2.75) is 102 Å². The van der Waals surface area contributed by atoms with Crippen molar-refractivity contribution in [3.8, 4) is 0 Å². The van der Waals surface area contributed by atoms with E-state index in [0.29, 0.717) is 14.0 Å². The van der Waals surface area contributed by atoms with Crippen molar-refractivity contribution < 1.29 is 38.4 Å². The molecular weight excluding hydrogens is 1210 g/mol. The second kappa shape index (κ2) is 31.2. The van der Waals surface area contributed by atoms with Gasteiger partial charge in [0, 0.05) is 51.1 Å². The third kappa shape index (κ3) is 18.8. The predicted octanol–water partition coefficient (Wildman–Crippen LogP) is -8.80. The first-order chi connectivity index (χ1) is 43.5. The Hall–Kier alpha value is -12.0. The summed E-state index contributed by atoms with van der Waals surface area (Å²) < 4.78 is 2.63. The summed E-state index contributed by atoms with van der Waals surface area (Å²) in [6.07, 6.45) is 2.00. The smallest absolute Gasteiger partial charge is 0.328 e. The fraction of sp³-hybridized carbons (Fsp3) is 0.370. The molecule has 6 aromatic rings. The maximum absolute atomic E-state index is 15.1. The number of carbonyl (C=O) groups excluding carboxylic acids is 8. The number of hydrogen-bond acceptors (Lipinski definition) is 18. The van der Waals surface area contributed by atoms with Crippen LogP contribution in [0.25, 0.3) is 21.8 Å². The Bertz CT molecular complexity index is 4350. The van der Waals surface area contributed by atoms with Crippen molar-refractivity contribution in [1.29, 1.82) is 10.8 Å². The van der Waals surface area contributed by atoms with Crippen molar-refractivity contribution >= 4 is 81.0 Å². The highest BCUT2D eigenvalue weighted by molar-refractivity contribution is 5.97. The average molecular weight is 1280 g/mol. The summed E-state index contributed by atoms with van der Waals surface area (Å²) in [5, 5.41) is 33.9. The minimum atomic E-state index is -2.22. The molecule has 0 saturated heterocycles. The topological polar surface area (TPSA) is 581 Å². The van der Waals surface area contributed by atoms with Crippen LogP contribution in [0.15, 0.2) is 105 Å². The fourth-order valence-electron chi connectivity index (χ4n) is 9.34. The second-order valence-electron chi connectivity index (χ2n) is 20.9. The summed E-state index contributed by atoms with van der Waals surface area (Å²) in [7, 11) is 1.05. The zero-order valence-electron chi connectivity index (χ0n) is 49.6. The Morgan fingerprint density at radius 1 is 0.533 bits per heavy atom. The van der Waals surface area contributed by atoms with Gasteiger partial charge >= 0.3 is 22.8 Å². The van der Waals surface area contributed by atoms with Gasteiger partial charge in [0.25, 0.3) is 22.2 Å². The molecular formula is C54H68N22O16. The average Bonchev–Trinajstić information content (AvgIpc) is 1.02. The molecule has 4 heterocycles. The number of rotatable bonds is 30. The van der Waals surface area contributed by atoms with Crippen molar-refractivity contribution in [3.05, 3.63) is 156 Å². The third-order valence-electron chi connectivity index (χ3n) is 14.0. The van der Waals surface area contributed by atoms with E-state index in [9.17, 15) is 71.9 Å². The summed E-state index contributed by atoms with van der Waals surface area (Å²) in [6.45, 7) is -2.22. The van der Waals surface area contributed by atoms with Gasteiger partial charge in [0.1, 0.15) is 36.3 Å². The maximum atomic E-state index is 15.1. The zero-order chi connectivity index (χ0) is 67.7. The number of hydrogen-bond donors (Lipinski definition) is 17. The largest absolute Gasteiger partial charge is 0.370 e. The molecule has 38 nitrogen and oxygen atoms in total. The molecule has 2 aromatic carbocycles. The normalized spacial score (nSPS) is 13.0. The zero-order valence-corrected chi connectivity index (χ0v) is 49.6. The van der Waals surface area contributed by atoms with Crippen LogP contribution in [0.5, 0.6) is 0 Å². The van der Waals surface area contributed by atoms with Crippen molar-refractivity contribution in [2.24, 2.45) is 17.2 Å². The van der Waals surface area contributed by atoms with Crippen molar-refractivity contribution in [2.75, 3.05) is 26.7 Å². The van der Waals surface area contributed by atoms with Crippen LogP contribution < -0.4 is 105 Å². The van der Waals surface area contributed by atoms with E-state index in [4.69, 9.17) is 28.0 Å². The summed E-state index contributed by atoms with van der Waals surface area (Å²) in [4.78, 5) is 228. The van der Waals surface area contributed by atoms with Crippen LogP contribution in [0.2, 0.25) is 0 Å². The van der Waals surface area contributed by atoms with Crippen LogP contribution in [0.1, 0.15) is 38.2 Å². The summed E-state index contributed by atoms with van der Waals surface area (Å²) >= 11 is 0. The number of guanidine groups is 2. The molecule has 6 rings (SSSR count). The van der Waals surface area contributed by atoms with E-state index >= 15 is 4.79 Å². The monoisotopic (exact) mass is 1280 g/mol. The van der Waals surface area contributed by atoms with E-state index in [2.05, 4.69) is 52.5 Å². The molecule has 0 aliphatic rings. The molecule has 38 heteroatoms. The number of fused-ring (bicyclic) bond motifs is 2. The van der Waals surface area contributed by atoms with Gasteiger partial charge in [-0.05, 0) is 56.9 Å². The van der Waals surface area contributed by atoms with Gasteiger partial charge in [-0.15, -0.1) is 0 Å². The molecule has 8 amide bonds. The lowest BCUT2D eigenvalue weighted by Crippen LogP contribution is -2.62. The van der Waals surface area contributed by atoms with Crippen LogP contribution in [0.3, 0.4) is 0 Å². The number of aromatic amines is 4. The molecule has 0 aliphatic carbocycles. The molecule has 0 spiro atoms. The second-order valence-corrected chi connectivity index (χ2v) is 20.9. The van der Waals surface area contributed by atoms with Gasteiger partial charge in [-0.1, -0.05) is 24.3 Å². The van der Waals surface area contributed by atoms with E-state index in [-0.39, 0.29) is 72.1 Å². The van der Waals surface area contributed by atoms with Gasteiger partial charge in [0.15, 0.2) is 11.9 Å². The Morgan fingerprint density at radius 3 is 1.48 bits per heavy atom. The van der Waals surface area contributed by atoms with Crippen LogP contribution in [-0.2, 0) is 64.5 Å². The number of aryl methyl sites for hydroxylation is 1. The fourth-order valence-corrected chi connectivity index (χ4v) is 9.34. The van der Waals surface area contributed by atoms with Crippen molar-refractivity contribution in [1.82, 2.24) is 85.6 Å². The lowest BCUT2D eigenvalue weighted by molar-refractivity contribution is -0.140. The van der Waals surface area contributed by atoms with Gasteiger partial charge in [-0.25, -0.2) is 19.2 Å². The van der Waals surface area contributed by atoms with Crippen molar-refractivity contribution in [3.63, 3.8) is 0 Å². The lowest BCUT2D eigenvalue weighted by atomic mass is 10.1. The third-order valence-corrected chi connectivity index (χ3v) is 14.0. The van der Waals surface area contributed by atoms with Gasteiger partial charge < -0.3 is 74.6 Å². The van der Waals surface area contributed by atoms with Crippen LogP contribution in [-0.4, -0.2) is 165 Å². The molecule has 6 atom stereocenters. The first-order valence-corrected chi connectivity index (χ1v) is 28.0. The Kier molecular flexibility index (Phi) is 23.5. The van der Waals surface area contributed by atoms with Gasteiger partial charge in [-0.2, -0.15) is 0 Å². The van der Waals surface area contributed by atoms with Gasteiger partial charge in [-0.3, -0.25) is 96.6 Å².